The smallest absolute Gasteiger partial charge is 0.314 e. The van der Waals surface area contributed by atoms with E-state index in [1.165, 1.54) is 0 Å². The molecule has 0 saturated carbocycles. The molecule has 0 unspecified atom stereocenters. The van der Waals surface area contributed by atoms with Gasteiger partial charge in [-0.1, -0.05) is 0 Å². The molecule has 0 fully saturated rings. The van der Waals surface area contributed by atoms with E-state index in [0.29, 0.717) is 13.1 Å². The molecule has 0 spiro atoms. The van der Waals surface area contributed by atoms with Crippen molar-refractivity contribution in [3.63, 3.8) is 0 Å². The fourth-order valence-corrected chi connectivity index (χ4v) is 1.54. The van der Waals surface area contributed by atoms with E-state index in [-0.39, 0.29) is 6.03 Å². The Morgan fingerprint density at radius 2 is 2.33 bits per heavy atom. The highest BCUT2D eigenvalue weighted by atomic mass is 79.9. The van der Waals surface area contributed by atoms with Crippen LogP contribution in [0.1, 0.15) is 12.6 Å². The third kappa shape index (κ3) is 3.54. The van der Waals surface area contributed by atoms with E-state index in [9.17, 15) is 4.79 Å². The van der Waals surface area contributed by atoms with E-state index in [1.807, 2.05) is 18.5 Å². The van der Waals surface area contributed by atoms with Gasteiger partial charge in [-0.25, -0.2) is 9.78 Å². The van der Waals surface area contributed by atoms with E-state index in [0.717, 1.165) is 16.7 Å². The number of aromatic nitrogens is 2. The van der Waals surface area contributed by atoms with Crippen LogP contribution in [-0.4, -0.2) is 28.7 Å². The largest absolute Gasteiger partial charge is 0.338 e. The van der Waals surface area contributed by atoms with Gasteiger partial charge in [0, 0.05) is 26.6 Å². The quantitative estimate of drug-likeness (QED) is 0.862. The molecule has 2 N–H and O–H groups in total. The van der Waals surface area contributed by atoms with Gasteiger partial charge in [-0.05, 0) is 22.9 Å². The molecule has 5 nitrogen and oxygen atoms in total. The number of carbonyl (C=O) groups is 1. The lowest BCUT2D eigenvalue weighted by molar-refractivity contribution is 0.241. The minimum atomic E-state index is -0.135. The molecule has 0 aliphatic rings. The molecule has 0 aliphatic carbocycles. The number of hydrogen-bond acceptors (Lipinski definition) is 2. The molecular formula is C9H15BrN4O. The standard InChI is InChI=1S/C9H15BrN4O/c1-3-11-9(15)12-5-4-7-8(10)14(2)6-13-7/h6H,3-5H2,1-2H3,(H2,11,12,15). The molecule has 2 amide bonds. The summed E-state index contributed by atoms with van der Waals surface area (Å²) in [6.07, 6.45) is 2.46. The molecule has 1 aromatic rings. The molecular weight excluding hydrogens is 260 g/mol. The van der Waals surface area contributed by atoms with Gasteiger partial charge in [-0.2, -0.15) is 0 Å². The van der Waals surface area contributed by atoms with Crippen LogP contribution in [0.25, 0.3) is 0 Å². The lowest BCUT2D eigenvalue weighted by Gasteiger charge is -2.04. The summed E-state index contributed by atoms with van der Waals surface area (Å²) in [4.78, 5) is 15.3. The van der Waals surface area contributed by atoms with Gasteiger partial charge in [0.25, 0.3) is 0 Å². The Morgan fingerprint density at radius 3 is 2.87 bits per heavy atom. The maximum atomic E-state index is 11.1. The molecule has 0 aromatic carbocycles. The summed E-state index contributed by atoms with van der Waals surface area (Å²) in [5.41, 5.74) is 0.953. The SMILES string of the molecule is CCNC(=O)NCCc1ncn(C)c1Br. The number of amides is 2. The molecule has 0 radical (unpaired) electrons. The average Bonchev–Trinajstić information content (AvgIpc) is 2.50. The Kier molecular flexibility index (Phi) is 4.61. The molecule has 1 rings (SSSR count). The van der Waals surface area contributed by atoms with Crippen LogP contribution in [0.3, 0.4) is 0 Å². The van der Waals surface area contributed by atoms with Crippen molar-refractivity contribution in [1.29, 1.82) is 0 Å². The van der Waals surface area contributed by atoms with Crippen LogP contribution in [-0.2, 0) is 13.5 Å². The van der Waals surface area contributed by atoms with Gasteiger partial charge in [0.1, 0.15) is 4.60 Å². The zero-order valence-electron chi connectivity index (χ0n) is 8.88. The normalized spacial score (nSPS) is 10.1. The number of aryl methyl sites for hydroxylation is 1. The number of nitrogens with one attached hydrogen (secondary N) is 2. The maximum absolute atomic E-state index is 11.1. The van der Waals surface area contributed by atoms with Crippen molar-refractivity contribution in [3.8, 4) is 0 Å². The molecule has 1 heterocycles. The first-order valence-electron chi connectivity index (χ1n) is 4.82. The first-order chi connectivity index (χ1) is 7.15. The van der Waals surface area contributed by atoms with Crippen molar-refractivity contribution < 1.29 is 4.79 Å². The topological polar surface area (TPSA) is 59.0 Å². The summed E-state index contributed by atoms with van der Waals surface area (Å²) in [6.45, 7) is 3.11. The number of hydrogen-bond donors (Lipinski definition) is 2. The summed E-state index contributed by atoms with van der Waals surface area (Å²) in [5.74, 6) is 0. The van der Waals surface area contributed by atoms with E-state index in [2.05, 4.69) is 31.5 Å². The van der Waals surface area contributed by atoms with Gasteiger partial charge in [0.2, 0.25) is 0 Å². The van der Waals surface area contributed by atoms with Gasteiger partial charge >= 0.3 is 6.03 Å². The third-order valence-electron chi connectivity index (χ3n) is 1.92. The molecule has 15 heavy (non-hydrogen) atoms. The number of imidazole rings is 1. The van der Waals surface area contributed by atoms with Crippen LogP contribution in [0.4, 0.5) is 4.79 Å². The summed E-state index contributed by atoms with van der Waals surface area (Å²) in [6, 6.07) is -0.135. The zero-order valence-corrected chi connectivity index (χ0v) is 10.5. The van der Waals surface area contributed by atoms with Crippen molar-refractivity contribution in [2.75, 3.05) is 13.1 Å². The summed E-state index contributed by atoms with van der Waals surface area (Å²) >= 11 is 3.42. The molecule has 1 aromatic heterocycles. The third-order valence-corrected chi connectivity index (χ3v) is 2.94. The molecule has 0 atom stereocenters. The van der Waals surface area contributed by atoms with Crippen molar-refractivity contribution in [2.45, 2.75) is 13.3 Å². The number of carbonyl (C=O) groups excluding carboxylic acids is 1. The lowest BCUT2D eigenvalue weighted by atomic mass is 10.3. The number of urea groups is 1. The second kappa shape index (κ2) is 5.75. The summed E-state index contributed by atoms with van der Waals surface area (Å²) < 4.78 is 2.85. The number of nitrogens with zero attached hydrogens (tertiary/aromatic N) is 2. The maximum Gasteiger partial charge on any atom is 0.314 e. The molecule has 0 saturated heterocycles. The minimum absolute atomic E-state index is 0.135. The molecule has 6 heteroatoms. The Morgan fingerprint density at radius 1 is 1.60 bits per heavy atom. The lowest BCUT2D eigenvalue weighted by Crippen LogP contribution is -2.36. The predicted molar refractivity (Wildman–Crippen MR) is 61.7 cm³/mol. The van der Waals surface area contributed by atoms with Gasteiger partial charge in [0.15, 0.2) is 0 Å². The molecule has 84 valence electrons. The highest BCUT2D eigenvalue weighted by molar-refractivity contribution is 9.10. The van der Waals surface area contributed by atoms with Gasteiger partial charge in [-0.15, -0.1) is 0 Å². The summed E-state index contributed by atoms with van der Waals surface area (Å²) in [7, 11) is 1.91. The minimum Gasteiger partial charge on any atom is -0.338 e. The van der Waals surface area contributed by atoms with Crippen LogP contribution in [0.15, 0.2) is 10.9 Å². The van der Waals surface area contributed by atoms with Gasteiger partial charge in [0.05, 0.1) is 12.0 Å². The monoisotopic (exact) mass is 274 g/mol. The Labute approximate surface area is 97.4 Å². The Hall–Kier alpha value is -1.04. The Balaban J connectivity index is 2.32. The van der Waals surface area contributed by atoms with Crippen LogP contribution in [0.2, 0.25) is 0 Å². The first-order valence-corrected chi connectivity index (χ1v) is 5.61. The van der Waals surface area contributed by atoms with Crippen LogP contribution in [0.5, 0.6) is 0 Å². The van der Waals surface area contributed by atoms with Gasteiger partial charge < -0.3 is 15.2 Å². The second-order valence-corrected chi connectivity index (χ2v) is 3.88. The molecule has 0 aliphatic heterocycles. The molecule has 0 bridgehead atoms. The van der Waals surface area contributed by atoms with Crippen LogP contribution >= 0.6 is 15.9 Å². The van der Waals surface area contributed by atoms with E-state index in [4.69, 9.17) is 0 Å². The number of rotatable bonds is 4. The van der Waals surface area contributed by atoms with Crippen molar-refractivity contribution in [3.05, 3.63) is 16.6 Å². The van der Waals surface area contributed by atoms with E-state index in [1.54, 1.807) is 6.33 Å². The van der Waals surface area contributed by atoms with E-state index >= 15 is 0 Å². The second-order valence-electron chi connectivity index (χ2n) is 3.13. The Bertz CT molecular complexity index is 337. The predicted octanol–water partition coefficient (Wildman–Crippen LogP) is 1.04. The van der Waals surface area contributed by atoms with Crippen LogP contribution < -0.4 is 10.6 Å². The fourth-order valence-electron chi connectivity index (χ4n) is 1.15. The fraction of sp³-hybridized carbons (Fsp3) is 0.556. The zero-order chi connectivity index (χ0) is 11.3. The van der Waals surface area contributed by atoms with Gasteiger partial charge in [-0.3, -0.25) is 0 Å². The average molecular weight is 275 g/mol. The highest BCUT2D eigenvalue weighted by Gasteiger charge is 2.05. The first kappa shape index (κ1) is 12.0. The van der Waals surface area contributed by atoms with Crippen LogP contribution in [0, 0.1) is 0 Å². The van der Waals surface area contributed by atoms with Crippen molar-refractivity contribution in [1.82, 2.24) is 20.2 Å². The highest BCUT2D eigenvalue weighted by Crippen LogP contribution is 2.13. The summed E-state index contributed by atoms with van der Waals surface area (Å²) in [5, 5.41) is 5.41. The van der Waals surface area contributed by atoms with Crippen molar-refractivity contribution >= 4 is 22.0 Å². The number of halogens is 1. The van der Waals surface area contributed by atoms with Crippen molar-refractivity contribution in [2.24, 2.45) is 7.05 Å². The van der Waals surface area contributed by atoms with E-state index < -0.39 is 0 Å².